The van der Waals surface area contributed by atoms with Crippen molar-refractivity contribution in [3.63, 3.8) is 0 Å². The van der Waals surface area contributed by atoms with Crippen molar-refractivity contribution < 1.29 is 4.79 Å². The maximum absolute atomic E-state index is 12.1. The van der Waals surface area contributed by atoms with Gasteiger partial charge >= 0.3 is 0 Å². The van der Waals surface area contributed by atoms with Crippen LogP contribution in [-0.2, 0) is 6.54 Å². The largest absolute Gasteiger partial charge is 0.370 e. The standard InChI is InChI=1S/C16H20N4O/c1-3-7-17-15-9-14(6-8-18-15)16(21)20-11-13-5-4-12(2)19-10-13/h4-6,8-10H,3,7,11H2,1-2H3,(H,17,18)(H,20,21). The van der Waals surface area contributed by atoms with Crippen molar-refractivity contribution >= 4 is 11.7 Å². The van der Waals surface area contributed by atoms with Gasteiger partial charge in [0.15, 0.2) is 0 Å². The van der Waals surface area contributed by atoms with Crippen LogP contribution in [0.15, 0.2) is 36.7 Å². The topological polar surface area (TPSA) is 66.9 Å². The summed E-state index contributed by atoms with van der Waals surface area (Å²) in [6.07, 6.45) is 4.43. The van der Waals surface area contributed by atoms with Crippen LogP contribution in [-0.4, -0.2) is 22.4 Å². The van der Waals surface area contributed by atoms with E-state index in [-0.39, 0.29) is 5.91 Å². The van der Waals surface area contributed by atoms with Gasteiger partial charge in [0.2, 0.25) is 0 Å². The van der Waals surface area contributed by atoms with Gasteiger partial charge in [-0.3, -0.25) is 9.78 Å². The van der Waals surface area contributed by atoms with Gasteiger partial charge in [-0.2, -0.15) is 0 Å². The van der Waals surface area contributed by atoms with Crippen LogP contribution in [0, 0.1) is 6.92 Å². The first-order valence-electron chi connectivity index (χ1n) is 7.08. The molecule has 2 aromatic heterocycles. The Morgan fingerprint density at radius 1 is 1.24 bits per heavy atom. The van der Waals surface area contributed by atoms with E-state index < -0.39 is 0 Å². The SMILES string of the molecule is CCCNc1cc(C(=O)NCc2ccc(C)nc2)ccn1. The van der Waals surface area contributed by atoms with Gasteiger partial charge < -0.3 is 10.6 Å². The van der Waals surface area contributed by atoms with Gasteiger partial charge in [-0.05, 0) is 37.1 Å². The maximum atomic E-state index is 12.1. The fraction of sp³-hybridized carbons (Fsp3) is 0.312. The van der Waals surface area contributed by atoms with Crippen molar-refractivity contribution in [3.05, 3.63) is 53.5 Å². The lowest BCUT2D eigenvalue weighted by Crippen LogP contribution is -2.23. The van der Waals surface area contributed by atoms with E-state index in [1.54, 1.807) is 24.5 Å². The number of carbonyl (C=O) groups is 1. The van der Waals surface area contributed by atoms with Crippen molar-refractivity contribution in [2.24, 2.45) is 0 Å². The van der Waals surface area contributed by atoms with Gasteiger partial charge in [0.1, 0.15) is 5.82 Å². The summed E-state index contributed by atoms with van der Waals surface area (Å²) in [6.45, 7) is 5.32. The third kappa shape index (κ3) is 4.56. The fourth-order valence-corrected chi connectivity index (χ4v) is 1.81. The summed E-state index contributed by atoms with van der Waals surface area (Å²) in [7, 11) is 0. The van der Waals surface area contributed by atoms with Gasteiger partial charge in [0, 0.05) is 36.7 Å². The molecule has 0 fully saturated rings. The number of amides is 1. The van der Waals surface area contributed by atoms with Gasteiger partial charge in [-0.25, -0.2) is 4.98 Å². The Balaban J connectivity index is 1.95. The van der Waals surface area contributed by atoms with Crippen LogP contribution in [0.25, 0.3) is 0 Å². The number of hydrogen-bond donors (Lipinski definition) is 2. The lowest BCUT2D eigenvalue weighted by atomic mass is 10.2. The molecule has 0 saturated carbocycles. The molecule has 0 spiro atoms. The average Bonchev–Trinajstić information content (AvgIpc) is 2.52. The van der Waals surface area contributed by atoms with Crippen molar-refractivity contribution in [1.29, 1.82) is 0 Å². The summed E-state index contributed by atoms with van der Waals surface area (Å²) < 4.78 is 0. The van der Waals surface area contributed by atoms with E-state index in [1.165, 1.54) is 0 Å². The quantitative estimate of drug-likeness (QED) is 0.855. The summed E-state index contributed by atoms with van der Waals surface area (Å²) in [5, 5.41) is 6.05. The minimum Gasteiger partial charge on any atom is -0.370 e. The van der Waals surface area contributed by atoms with Crippen LogP contribution in [0.5, 0.6) is 0 Å². The van der Waals surface area contributed by atoms with Crippen LogP contribution in [0.4, 0.5) is 5.82 Å². The van der Waals surface area contributed by atoms with E-state index in [9.17, 15) is 4.79 Å². The zero-order chi connectivity index (χ0) is 15.1. The van der Waals surface area contributed by atoms with E-state index in [2.05, 4.69) is 27.5 Å². The van der Waals surface area contributed by atoms with Crippen LogP contribution in [0.3, 0.4) is 0 Å². The van der Waals surface area contributed by atoms with Crippen molar-refractivity contribution in [3.8, 4) is 0 Å². The minimum atomic E-state index is -0.113. The zero-order valence-electron chi connectivity index (χ0n) is 12.4. The molecule has 0 aromatic carbocycles. The monoisotopic (exact) mass is 284 g/mol. The highest BCUT2D eigenvalue weighted by Crippen LogP contribution is 2.07. The van der Waals surface area contributed by atoms with Crippen molar-refractivity contribution in [1.82, 2.24) is 15.3 Å². The Kier molecular flexibility index (Phi) is 5.26. The molecule has 5 heteroatoms. The predicted octanol–water partition coefficient (Wildman–Crippen LogP) is 2.54. The van der Waals surface area contributed by atoms with E-state index in [1.807, 2.05) is 19.1 Å². The molecule has 2 aromatic rings. The molecular formula is C16H20N4O. The fourth-order valence-electron chi connectivity index (χ4n) is 1.81. The van der Waals surface area contributed by atoms with Crippen molar-refractivity contribution in [2.45, 2.75) is 26.8 Å². The first-order chi connectivity index (χ1) is 10.2. The molecule has 5 nitrogen and oxygen atoms in total. The van der Waals surface area contributed by atoms with Gasteiger partial charge in [0.25, 0.3) is 5.91 Å². The van der Waals surface area contributed by atoms with Crippen molar-refractivity contribution in [2.75, 3.05) is 11.9 Å². The third-order valence-electron chi connectivity index (χ3n) is 3.00. The third-order valence-corrected chi connectivity index (χ3v) is 3.00. The smallest absolute Gasteiger partial charge is 0.251 e. The number of nitrogens with one attached hydrogen (secondary N) is 2. The summed E-state index contributed by atoms with van der Waals surface area (Å²) >= 11 is 0. The number of nitrogens with zero attached hydrogens (tertiary/aromatic N) is 2. The molecule has 0 atom stereocenters. The zero-order valence-corrected chi connectivity index (χ0v) is 12.4. The molecule has 0 unspecified atom stereocenters. The molecular weight excluding hydrogens is 264 g/mol. The summed E-state index contributed by atoms with van der Waals surface area (Å²) in [5.41, 5.74) is 2.54. The highest BCUT2D eigenvalue weighted by molar-refractivity contribution is 5.94. The molecule has 0 aliphatic rings. The highest BCUT2D eigenvalue weighted by Gasteiger charge is 2.06. The van der Waals surface area contributed by atoms with E-state index >= 15 is 0 Å². The molecule has 0 bridgehead atoms. The highest BCUT2D eigenvalue weighted by atomic mass is 16.1. The molecule has 0 radical (unpaired) electrons. The second kappa shape index (κ2) is 7.38. The molecule has 0 aliphatic heterocycles. The average molecular weight is 284 g/mol. The Bertz CT molecular complexity index is 595. The van der Waals surface area contributed by atoms with E-state index in [0.717, 1.165) is 30.0 Å². The normalized spacial score (nSPS) is 10.2. The number of aromatic nitrogens is 2. The van der Waals surface area contributed by atoms with Gasteiger partial charge in [-0.15, -0.1) is 0 Å². The lowest BCUT2D eigenvalue weighted by molar-refractivity contribution is 0.0951. The van der Waals surface area contributed by atoms with Gasteiger partial charge in [-0.1, -0.05) is 13.0 Å². The minimum absolute atomic E-state index is 0.113. The number of hydrogen-bond acceptors (Lipinski definition) is 4. The Labute approximate surface area is 124 Å². The van der Waals surface area contributed by atoms with Crippen LogP contribution >= 0.6 is 0 Å². The summed E-state index contributed by atoms with van der Waals surface area (Å²) in [4.78, 5) is 20.5. The number of carbonyl (C=O) groups excluding carboxylic acids is 1. The lowest BCUT2D eigenvalue weighted by Gasteiger charge is -2.08. The molecule has 0 saturated heterocycles. The first kappa shape index (κ1) is 15.0. The molecule has 2 N–H and O–H groups in total. The molecule has 21 heavy (non-hydrogen) atoms. The second-order valence-corrected chi connectivity index (χ2v) is 4.85. The summed E-state index contributed by atoms with van der Waals surface area (Å²) in [5.74, 6) is 0.610. The Morgan fingerprint density at radius 2 is 2.10 bits per heavy atom. The molecule has 110 valence electrons. The van der Waals surface area contributed by atoms with Crippen LogP contribution in [0.2, 0.25) is 0 Å². The number of rotatable bonds is 6. The number of aryl methyl sites for hydroxylation is 1. The summed E-state index contributed by atoms with van der Waals surface area (Å²) in [6, 6.07) is 7.36. The molecule has 2 heterocycles. The number of pyridine rings is 2. The second-order valence-electron chi connectivity index (χ2n) is 4.85. The maximum Gasteiger partial charge on any atom is 0.251 e. The predicted molar refractivity (Wildman–Crippen MR) is 83.2 cm³/mol. The Hall–Kier alpha value is -2.43. The molecule has 1 amide bonds. The molecule has 2 rings (SSSR count). The van der Waals surface area contributed by atoms with Crippen LogP contribution in [0.1, 0.15) is 35.0 Å². The van der Waals surface area contributed by atoms with Crippen LogP contribution < -0.4 is 10.6 Å². The molecule has 0 aliphatic carbocycles. The van der Waals surface area contributed by atoms with Gasteiger partial charge in [0.05, 0.1) is 0 Å². The van der Waals surface area contributed by atoms with E-state index in [4.69, 9.17) is 0 Å². The Morgan fingerprint density at radius 3 is 2.81 bits per heavy atom. The van der Waals surface area contributed by atoms with E-state index in [0.29, 0.717) is 12.1 Å². The number of anilines is 1. The first-order valence-corrected chi connectivity index (χ1v) is 7.08.